The third kappa shape index (κ3) is 3.68. The number of aliphatic hydroxyl groups is 1. The molecular formula is C21H24N4O. The van der Waals surface area contributed by atoms with Crippen molar-refractivity contribution in [3.63, 3.8) is 0 Å². The highest BCUT2D eigenvalue weighted by Crippen LogP contribution is 2.29. The third-order valence-corrected chi connectivity index (χ3v) is 5.17. The molecule has 1 aliphatic heterocycles. The molecule has 1 aliphatic rings. The van der Waals surface area contributed by atoms with Crippen molar-refractivity contribution in [1.82, 2.24) is 15.0 Å². The van der Waals surface area contributed by atoms with E-state index < -0.39 is 6.10 Å². The monoisotopic (exact) mass is 348 g/mol. The van der Waals surface area contributed by atoms with Crippen LogP contribution in [0.4, 0.5) is 5.82 Å². The Hall–Kier alpha value is -2.53. The van der Waals surface area contributed by atoms with Gasteiger partial charge in [-0.1, -0.05) is 43.2 Å². The number of rotatable bonds is 4. The van der Waals surface area contributed by atoms with Crippen LogP contribution in [0.2, 0.25) is 0 Å². The first-order valence-corrected chi connectivity index (χ1v) is 9.39. The summed E-state index contributed by atoms with van der Waals surface area (Å²) in [5, 5.41) is 10.7. The van der Waals surface area contributed by atoms with Crippen LogP contribution in [0, 0.1) is 0 Å². The molecule has 1 aromatic carbocycles. The zero-order valence-electron chi connectivity index (χ0n) is 14.8. The fraction of sp³-hybridized carbons (Fsp3) is 0.381. The largest absolute Gasteiger partial charge is 0.388 e. The second-order valence-corrected chi connectivity index (χ2v) is 6.93. The van der Waals surface area contributed by atoms with Gasteiger partial charge in [0, 0.05) is 25.0 Å². The number of anilines is 1. The minimum atomic E-state index is -0.456. The molecule has 1 fully saturated rings. The molecule has 3 aromatic rings. The van der Waals surface area contributed by atoms with E-state index in [1.807, 2.05) is 42.5 Å². The van der Waals surface area contributed by atoms with Gasteiger partial charge in [0.1, 0.15) is 11.3 Å². The lowest BCUT2D eigenvalue weighted by molar-refractivity contribution is 0.155. The Morgan fingerprint density at radius 3 is 2.73 bits per heavy atom. The second-order valence-electron chi connectivity index (χ2n) is 6.93. The number of aliphatic hydroxyl groups excluding tert-OH is 1. The van der Waals surface area contributed by atoms with Gasteiger partial charge in [-0.2, -0.15) is 0 Å². The van der Waals surface area contributed by atoms with Crippen molar-refractivity contribution in [2.45, 2.75) is 44.2 Å². The van der Waals surface area contributed by atoms with Gasteiger partial charge in [-0.15, -0.1) is 0 Å². The summed E-state index contributed by atoms with van der Waals surface area (Å²) in [7, 11) is 0. The molecule has 0 bridgehead atoms. The number of aromatic nitrogens is 3. The van der Waals surface area contributed by atoms with Crippen LogP contribution in [0.5, 0.6) is 0 Å². The Kier molecular flexibility index (Phi) is 5.07. The maximum Gasteiger partial charge on any atom is 0.180 e. The topological polar surface area (TPSA) is 62.1 Å². The summed E-state index contributed by atoms with van der Waals surface area (Å²) in [6, 6.07) is 14.2. The van der Waals surface area contributed by atoms with E-state index in [0.717, 1.165) is 36.3 Å². The maximum atomic E-state index is 10.7. The van der Waals surface area contributed by atoms with E-state index in [9.17, 15) is 5.11 Å². The fourth-order valence-electron chi connectivity index (χ4n) is 3.80. The van der Waals surface area contributed by atoms with Crippen molar-refractivity contribution < 1.29 is 5.11 Å². The second kappa shape index (κ2) is 7.79. The summed E-state index contributed by atoms with van der Waals surface area (Å²) < 4.78 is 0. The Bertz CT molecular complexity index is 855. The minimum Gasteiger partial charge on any atom is -0.388 e. The zero-order chi connectivity index (χ0) is 17.8. The number of hydrogen-bond acceptors (Lipinski definition) is 5. The molecule has 26 heavy (non-hydrogen) atoms. The summed E-state index contributed by atoms with van der Waals surface area (Å²) in [5.41, 5.74) is 2.47. The Labute approximate surface area is 153 Å². The summed E-state index contributed by atoms with van der Waals surface area (Å²) in [6.07, 6.45) is 8.26. The molecule has 134 valence electrons. The van der Waals surface area contributed by atoms with Crippen molar-refractivity contribution in [1.29, 1.82) is 0 Å². The number of fused-ring (bicyclic) bond motifs is 1. The lowest BCUT2D eigenvalue weighted by Gasteiger charge is -2.32. The van der Waals surface area contributed by atoms with E-state index in [1.54, 1.807) is 12.4 Å². The molecule has 0 aliphatic carbocycles. The molecule has 3 heterocycles. The highest BCUT2D eigenvalue weighted by atomic mass is 16.3. The molecular weight excluding hydrogens is 324 g/mol. The van der Waals surface area contributed by atoms with E-state index in [0.29, 0.717) is 12.1 Å². The molecule has 0 amide bonds. The predicted molar refractivity (Wildman–Crippen MR) is 103 cm³/mol. The van der Waals surface area contributed by atoms with Crippen LogP contribution in [0.15, 0.2) is 54.9 Å². The van der Waals surface area contributed by atoms with Crippen molar-refractivity contribution in [3.8, 4) is 0 Å². The molecule has 2 atom stereocenters. The first-order chi connectivity index (χ1) is 12.8. The summed E-state index contributed by atoms with van der Waals surface area (Å²) >= 11 is 0. The smallest absolute Gasteiger partial charge is 0.180 e. The van der Waals surface area contributed by atoms with Crippen LogP contribution in [-0.2, 0) is 0 Å². The molecule has 0 spiro atoms. The first-order valence-electron chi connectivity index (χ1n) is 9.39. The van der Waals surface area contributed by atoms with Gasteiger partial charge in [0.05, 0.1) is 6.10 Å². The average Bonchev–Trinajstić information content (AvgIpc) is 2.93. The van der Waals surface area contributed by atoms with Gasteiger partial charge in [0.25, 0.3) is 0 Å². The highest BCUT2D eigenvalue weighted by molar-refractivity contribution is 5.71. The molecule has 2 aromatic heterocycles. The first kappa shape index (κ1) is 16.9. The fourth-order valence-corrected chi connectivity index (χ4v) is 3.80. The molecule has 1 N–H and O–H groups in total. The molecule has 1 saturated heterocycles. The predicted octanol–water partition coefficient (Wildman–Crippen LogP) is 3.90. The van der Waals surface area contributed by atoms with E-state index >= 15 is 0 Å². The molecule has 5 heteroatoms. The highest BCUT2D eigenvalue weighted by Gasteiger charge is 2.25. The average molecular weight is 348 g/mol. The molecule has 4 rings (SSSR count). The number of benzene rings is 1. The van der Waals surface area contributed by atoms with E-state index in [-0.39, 0.29) is 6.04 Å². The van der Waals surface area contributed by atoms with Gasteiger partial charge in [-0.05, 0) is 37.0 Å². The molecule has 2 unspecified atom stereocenters. The lowest BCUT2D eigenvalue weighted by atomic mass is 9.98. The van der Waals surface area contributed by atoms with Crippen LogP contribution >= 0.6 is 0 Å². The van der Waals surface area contributed by atoms with Gasteiger partial charge >= 0.3 is 0 Å². The normalized spacial score (nSPS) is 19.3. The van der Waals surface area contributed by atoms with Gasteiger partial charge < -0.3 is 10.0 Å². The maximum absolute atomic E-state index is 10.7. The SMILES string of the molecule is OC(CC1CCCCCN1c1ccc2nccnc2n1)c1ccccc1. The number of hydrogen-bond donors (Lipinski definition) is 1. The number of nitrogens with zero attached hydrogens (tertiary/aromatic N) is 4. The quantitative estimate of drug-likeness (QED) is 0.775. The Morgan fingerprint density at radius 1 is 1.00 bits per heavy atom. The Balaban J connectivity index is 1.60. The number of pyridine rings is 1. The van der Waals surface area contributed by atoms with Crippen LogP contribution in [-0.4, -0.2) is 32.6 Å². The van der Waals surface area contributed by atoms with Crippen LogP contribution in [0.25, 0.3) is 11.2 Å². The molecule has 0 radical (unpaired) electrons. The Morgan fingerprint density at radius 2 is 1.85 bits per heavy atom. The standard InChI is InChI=1S/C21H24N4O/c26-19(16-7-3-1-4-8-16)15-17-9-5-2-6-14-25(17)20-11-10-18-21(24-20)23-13-12-22-18/h1,3-4,7-8,10-13,17,19,26H,2,5-6,9,14-15H2. The van der Waals surface area contributed by atoms with Crippen molar-refractivity contribution in [3.05, 3.63) is 60.4 Å². The third-order valence-electron chi connectivity index (χ3n) is 5.17. The van der Waals surface area contributed by atoms with Crippen LogP contribution < -0.4 is 4.90 Å². The van der Waals surface area contributed by atoms with Crippen molar-refractivity contribution in [2.75, 3.05) is 11.4 Å². The zero-order valence-corrected chi connectivity index (χ0v) is 14.8. The van der Waals surface area contributed by atoms with Gasteiger partial charge in [0.15, 0.2) is 5.65 Å². The van der Waals surface area contributed by atoms with Gasteiger partial charge in [-0.3, -0.25) is 4.98 Å². The molecule has 0 saturated carbocycles. The van der Waals surface area contributed by atoms with Crippen molar-refractivity contribution >= 4 is 17.0 Å². The lowest BCUT2D eigenvalue weighted by Crippen LogP contribution is -2.36. The van der Waals surface area contributed by atoms with Crippen LogP contribution in [0.3, 0.4) is 0 Å². The van der Waals surface area contributed by atoms with Gasteiger partial charge in [0.2, 0.25) is 0 Å². The summed E-state index contributed by atoms with van der Waals surface area (Å²) in [4.78, 5) is 15.7. The van der Waals surface area contributed by atoms with Crippen molar-refractivity contribution in [2.24, 2.45) is 0 Å². The van der Waals surface area contributed by atoms with E-state index in [2.05, 4.69) is 14.9 Å². The minimum absolute atomic E-state index is 0.273. The molecule has 5 nitrogen and oxygen atoms in total. The summed E-state index contributed by atoms with van der Waals surface area (Å²) in [5.74, 6) is 0.935. The van der Waals surface area contributed by atoms with E-state index in [1.165, 1.54) is 12.8 Å². The van der Waals surface area contributed by atoms with Crippen LogP contribution in [0.1, 0.15) is 43.8 Å². The van der Waals surface area contributed by atoms with Gasteiger partial charge in [-0.25, -0.2) is 9.97 Å². The summed E-state index contributed by atoms with van der Waals surface area (Å²) in [6.45, 7) is 0.963. The van der Waals surface area contributed by atoms with E-state index in [4.69, 9.17) is 4.98 Å².